The summed E-state index contributed by atoms with van der Waals surface area (Å²) in [6.07, 6.45) is 7.17. The third kappa shape index (κ3) is 5.94. The van der Waals surface area contributed by atoms with E-state index in [2.05, 4.69) is 45.3 Å². The molecular formula is C18H31IN6O. The van der Waals surface area contributed by atoms with E-state index in [1.165, 1.54) is 5.57 Å². The number of nitrogens with zero attached hydrogens (tertiary/aromatic N) is 4. The molecule has 0 aromatic carbocycles. The first kappa shape index (κ1) is 21.1. The van der Waals surface area contributed by atoms with Crippen molar-refractivity contribution in [3.63, 3.8) is 0 Å². The average Bonchev–Trinajstić information content (AvgIpc) is 3.05. The normalized spacial score (nSPS) is 20.0. The Balaban J connectivity index is 0.00000243. The fourth-order valence-electron chi connectivity index (χ4n) is 3.25. The molecule has 2 aliphatic heterocycles. The van der Waals surface area contributed by atoms with Crippen LogP contribution in [0.5, 0.6) is 0 Å². The van der Waals surface area contributed by atoms with Gasteiger partial charge in [0.15, 0.2) is 11.8 Å². The number of aromatic nitrogens is 3. The number of rotatable bonds is 6. The Morgan fingerprint density at radius 3 is 3.00 bits per heavy atom. The molecule has 1 unspecified atom stereocenters. The summed E-state index contributed by atoms with van der Waals surface area (Å²) >= 11 is 0. The molecule has 0 fully saturated rings. The SMILES string of the molecule is CCNC(=NCCC1=CCOCC1)NC1CCc2nc(CC)nn2C1.I. The predicted octanol–water partition coefficient (Wildman–Crippen LogP) is 2.07. The second kappa shape index (κ2) is 10.9. The number of hydrogen-bond donors (Lipinski definition) is 2. The Hall–Kier alpha value is -1.16. The molecule has 0 bridgehead atoms. The van der Waals surface area contributed by atoms with Gasteiger partial charge < -0.3 is 15.4 Å². The van der Waals surface area contributed by atoms with Crippen molar-refractivity contribution in [3.05, 3.63) is 23.3 Å². The molecule has 0 saturated carbocycles. The number of nitrogens with one attached hydrogen (secondary N) is 2. The maximum Gasteiger partial charge on any atom is 0.191 e. The van der Waals surface area contributed by atoms with Gasteiger partial charge in [0, 0.05) is 32.0 Å². The zero-order valence-electron chi connectivity index (χ0n) is 15.8. The molecule has 1 atom stereocenters. The molecule has 146 valence electrons. The van der Waals surface area contributed by atoms with Crippen molar-refractivity contribution in [2.45, 2.75) is 58.5 Å². The van der Waals surface area contributed by atoms with Crippen LogP contribution in [0.3, 0.4) is 0 Å². The van der Waals surface area contributed by atoms with E-state index >= 15 is 0 Å². The molecular weight excluding hydrogens is 443 g/mol. The zero-order valence-corrected chi connectivity index (χ0v) is 18.2. The Bertz CT molecular complexity index is 627. The first-order chi connectivity index (χ1) is 12.3. The molecule has 7 nitrogen and oxygen atoms in total. The van der Waals surface area contributed by atoms with Gasteiger partial charge >= 0.3 is 0 Å². The molecule has 8 heteroatoms. The molecule has 0 radical (unpaired) electrons. The van der Waals surface area contributed by atoms with Crippen LogP contribution in [-0.4, -0.2) is 53.1 Å². The Morgan fingerprint density at radius 1 is 1.38 bits per heavy atom. The lowest BCUT2D eigenvalue weighted by atomic mass is 10.1. The van der Waals surface area contributed by atoms with Gasteiger partial charge in [-0.1, -0.05) is 18.6 Å². The Kier molecular flexibility index (Phi) is 8.83. The molecule has 1 aromatic rings. The lowest BCUT2D eigenvalue weighted by molar-refractivity contribution is 0.153. The summed E-state index contributed by atoms with van der Waals surface area (Å²) in [4.78, 5) is 9.33. The number of aryl methyl sites for hydroxylation is 2. The Morgan fingerprint density at radius 2 is 2.27 bits per heavy atom. The van der Waals surface area contributed by atoms with Crippen LogP contribution in [0, 0.1) is 0 Å². The number of ether oxygens (including phenoxy) is 1. The second-order valence-electron chi connectivity index (χ2n) is 6.56. The molecule has 3 heterocycles. The third-order valence-electron chi connectivity index (χ3n) is 4.66. The van der Waals surface area contributed by atoms with E-state index in [0.717, 1.165) is 82.6 Å². The van der Waals surface area contributed by atoms with E-state index in [1.807, 2.05) is 0 Å². The highest BCUT2D eigenvalue weighted by molar-refractivity contribution is 14.0. The van der Waals surface area contributed by atoms with Gasteiger partial charge in [-0.05, 0) is 26.2 Å². The zero-order chi connectivity index (χ0) is 17.5. The van der Waals surface area contributed by atoms with Crippen molar-refractivity contribution >= 4 is 29.9 Å². The lowest BCUT2D eigenvalue weighted by Gasteiger charge is -2.25. The predicted molar refractivity (Wildman–Crippen MR) is 114 cm³/mol. The fraction of sp³-hybridized carbons (Fsp3) is 0.722. The molecule has 2 aliphatic rings. The summed E-state index contributed by atoms with van der Waals surface area (Å²) in [6, 6.07) is 0.346. The van der Waals surface area contributed by atoms with Gasteiger partial charge in [-0.15, -0.1) is 24.0 Å². The van der Waals surface area contributed by atoms with Crippen molar-refractivity contribution in [1.82, 2.24) is 25.4 Å². The van der Waals surface area contributed by atoms with Gasteiger partial charge in [0.2, 0.25) is 0 Å². The smallest absolute Gasteiger partial charge is 0.191 e. The van der Waals surface area contributed by atoms with Gasteiger partial charge in [0.1, 0.15) is 5.82 Å². The van der Waals surface area contributed by atoms with E-state index in [4.69, 9.17) is 9.73 Å². The van der Waals surface area contributed by atoms with E-state index in [0.29, 0.717) is 6.04 Å². The summed E-state index contributed by atoms with van der Waals surface area (Å²) in [5.41, 5.74) is 1.46. The monoisotopic (exact) mass is 474 g/mol. The van der Waals surface area contributed by atoms with E-state index in [9.17, 15) is 0 Å². The van der Waals surface area contributed by atoms with E-state index in [-0.39, 0.29) is 24.0 Å². The van der Waals surface area contributed by atoms with Crippen LogP contribution in [0.25, 0.3) is 0 Å². The number of guanidine groups is 1. The second-order valence-corrected chi connectivity index (χ2v) is 6.56. The first-order valence-corrected chi connectivity index (χ1v) is 9.51. The largest absolute Gasteiger partial charge is 0.377 e. The van der Waals surface area contributed by atoms with Crippen LogP contribution in [0.15, 0.2) is 16.6 Å². The Labute approximate surface area is 173 Å². The minimum Gasteiger partial charge on any atom is -0.377 e. The first-order valence-electron chi connectivity index (χ1n) is 9.51. The summed E-state index contributed by atoms with van der Waals surface area (Å²) in [5.74, 6) is 2.96. The maximum absolute atomic E-state index is 5.35. The fourth-order valence-corrected chi connectivity index (χ4v) is 3.25. The molecule has 2 N–H and O–H groups in total. The van der Waals surface area contributed by atoms with Crippen molar-refractivity contribution in [2.75, 3.05) is 26.3 Å². The molecule has 3 rings (SSSR count). The van der Waals surface area contributed by atoms with Crippen LogP contribution in [0.1, 0.15) is 44.8 Å². The number of fused-ring (bicyclic) bond motifs is 1. The van der Waals surface area contributed by atoms with Crippen LogP contribution < -0.4 is 10.6 Å². The number of aliphatic imine (C=N–C) groups is 1. The average molecular weight is 474 g/mol. The molecule has 1 aromatic heterocycles. The topological polar surface area (TPSA) is 76.4 Å². The van der Waals surface area contributed by atoms with Crippen LogP contribution in [-0.2, 0) is 24.1 Å². The number of halogens is 1. The molecule has 0 aliphatic carbocycles. The summed E-state index contributed by atoms with van der Waals surface area (Å²) in [5, 5.41) is 11.5. The number of hydrogen-bond acceptors (Lipinski definition) is 4. The van der Waals surface area contributed by atoms with Crippen molar-refractivity contribution in [1.29, 1.82) is 0 Å². The molecule has 26 heavy (non-hydrogen) atoms. The van der Waals surface area contributed by atoms with Gasteiger partial charge in [0.25, 0.3) is 0 Å². The highest BCUT2D eigenvalue weighted by Gasteiger charge is 2.22. The van der Waals surface area contributed by atoms with Gasteiger partial charge in [-0.2, -0.15) is 5.10 Å². The molecule has 0 spiro atoms. The lowest BCUT2D eigenvalue weighted by Crippen LogP contribution is -2.47. The maximum atomic E-state index is 5.35. The minimum absolute atomic E-state index is 0. The van der Waals surface area contributed by atoms with Gasteiger partial charge in [-0.25, -0.2) is 9.67 Å². The van der Waals surface area contributed by atoms with Crippen LogP contribution in [0.4, 0.5) is 0 Å². The highest BCUT2D eigenvalue weighted by Crippen LogP contribution is 2.14. The highest BCUT2D eigenvalue weighted by atomic mass is 127. The van der Waals surface area contributed by atoms with Crippen molar-refractivity contribution < 1.29 is 4.74 Å². The van der Waals surface area contributed by atoms with E-state index < -0.39 is 0 Å². The molecule has 0 saturated heterocycles. The minimum atomic E-state index is 0. The summed E-state index contributed by atoms with van der Waals surface area (Å²) in [7, 11) is 0. The summed E-state index contributed by atoms with van der Waals surface area (Å²) in [6.45, 7) is 8.32. The van der Waals surface area contributed by atoms with Gasteiger partial charge in [-0.3, -0.25) is 4.99 Å². The standard InChI is InChI=1S/C18H30N6O.HI/c1-3-16-22-17-6-5-15(13-24(17)23-16)21-18(19-4-2)20-10-7-14-8-11-25-12-9-14;/h8,15H,3-7,9-13H2,1-2H3,(H2,19,20,21);1H. The van der Waals surface area contributed by atoms with Crippen LogP contribution >= 0.6 is 24.0 Å². The molecule has 0 amide bonds. The quantitative estimate of drug-likeness (QED) is 0.286. The third-order valence-corrected chi connectivity index (χ3v) is 4.66. The van der Waals surface area contributed by atoms with E-state index in [1.54, 1.807) is 0 Å². The van der Waals surface area contributed by atoms with Gasteiger partial charge in [0.05, 0.1) is 19.8 Å². The summed E-state index contributed by atoms with van der Waals surface area (Å²) < 4.78 is 7.41. The van der Waals surface area contributed by atoms with Crippen LogP contribution in [0.2, 0.25) is 0 Å². The van der Waals surface area contributed by atoms with Crippen molar-refractivity contribution in [2.24, 2.45) is 4.99 Å². The van der Waals surface area contributed by atoms with Crippen molar-refractivity contribution in [3.8, 4) is 0 Å².